The summed E-state index contributed by atoms with van der Waals surface area (Å²) in [5, 5.41) is 9.90. The van der Waals surface area contributed by atoms with Crippen molar-refractivity contribution in [3.05, 3.63) is 0 Å². The fourth-order valence-electron chi connectivity index (χ4n) is 1.43. The van der Waals surface area contributed by atoms with E-state index >= 15 is 0 Å². The SMILES string of the molecule is CCCC(O)C(C)(CC)N(C)C. The molecule has 0 rings (SSSR count). The van der Waals surface area contributed by atoms with E-state index in [2.05, 4.69) is 25.7 Å². The zero-order valence-corrected chi connectivity index (χ0v) is 9.09. The third kappa shape index (κ3) is 2.46. The van der Waals surface area contributed by atoms with Gasteiger partial charge in [-0.1, -0.05) is 20.3 Å². The summed E-state index contributed by atoms with van der Waals surface area (Å²) >= 11 is 0. The average Bonchev–Trinajstić information content (AvgIpc) is 2.03. The monoisotopic (exact) mass is 173 g/mol. The number of hydrogen-bond donors (Lipinski definition) is 1. The topological polar surface area (TPSA) is 23.5 Å². The minimum atomic E-state index is -0.206. The van der Waals surface area contributed by atoms with Crippen molar-refractivity contribution >= 4 is 0 Å². The van der Waals surface area contributed by atoms with Crippen LogP contribution in [-0.4, -0.2) is 35.7 Å². The van der Waals surface area contributed by atoms with E-state index in [1.807, 2.05) is 14.1 Å². The molecule has 0 aliphatic heterocycles. The van der Waals surface area contributed by atoms with Gasteiger partial charge in [0, 0.05) is 5.54 Å². The van der Waals surface area contributed by atoms with E-state index in [1.165, 1.54) is 0 Å². The van der Waals surface area contributed by atoms with Crippen LogP contribution in [0.1, 0.15) is 40.0 Å². The fourth-order valence-corrected chi connectivity index (χ4v) is 1.43. The largest absolute Gasteiger partial charge is 0.391 e. The summed E-state index contributed by atoms with van der Waals surface area (Å²) in [6.45, 7) is 6.35. The predicted octanol–water partition coefficient (Wildman–Crippen LogP) is 1.88. The summed E-state index contributed by atoms with van der Waals surface area (Å²) in [5.41, 5.74) is -0.0595. The van der Waals surface area contributed by atoms with E-state index in [-0.39, 0.29) is 11.6 Å². The molecule has 0 aromatic rings. The van der Waals surface area contributed by atoms with Crippen LogP contribution in [0.4, 0.5) is 0 Å². The molecule has 12 heavy (non-hydrogen) atoms. The zero-order chi connectivity index (χ0) is 9.78. The van der Waals surface area contributed by atoms with Crippen LogP contribution in [0, 0.1) is 0 Å². The molecule has 2 nitrogen and oxygen atoms in total. The summed E-state index contributed by atoms with van der Waals surface area (Å²) in [6, 6.07) is 0. The molecule has 2 heteroatoms. The normalized spacial score (nSPS) is 19.2. The van der Waals surface area contributed by atoms with E-state index in [9.17, 15) is 5.11 Å². The van der Waals surface area contributed by atoms with E-state index in [4.69, 9.17) is 0 Å². The van der Waals surface area contributed by atoms with Gasteiger partial charge in [0.25, 0.3) is 0 Å². The first-order valence-corrected chi connectivity index (χ1v) is 4.84. The number of aliphatic hydroxyl groups is 1. The van der Waals surface area contributed by atoms with Crippen LogP contribution in [0.25, 0.3) is 0 Å². The lowest BCUT2D eigenvalue weighted by Crippen LogP contribution is -2.50. The standard InChI is InChI=1S/C10H23NO/c1-6-8-9(12)10(3,7-2)11(4)5/h9,12H,6-8H2,1-5H3. The molecule has 0 aliphatic carbocycles. The van der Waals surface area contributed by atoms with Crippen molar-refractivity contribution < 1.29 is 5.11 Å². The molecular formula is C10H23NO. The van der Waals surface area contributed by atoms with Crippen LogP contribution in [0.5, 0.6) is 0 Å². The van der Waals surface area contributed by atoms with Crippen molar-refractivity contribution in [3.8, 4) is 0 Å². The van der Waals surface area contributed by atoms with Crippen molar-refractivity contribution in [2.75, 3.05) is 14.1 Å². The van der Waals surface area contributed by atoms with Gasteiger partial charge in [-0.3, -0.25) is 0 Å². The lowest BCUT2D eigenvalue weighted by atomic mass is 9.88. The molecule has 0 aliphatic rings. The summed E-state index contributed by atoms with van der Waals surface area (Å²) in [4.78, 5) is 2.12. The number of likely N-dealkylation sites (N-methyl/N-ethyl adjacent to an activating group) is 1. The maximum atomic E-state index is 9.90. The molecule has 0 bridgehead atoms. The first-order valence-electron chi connectivity index (χ1n) is 4.84. The van der Waals surface area contributed by atoms with Gasteiger partial charge in [0.05, 0.1) is 6.10 Å². The van der Waals surface area contributed by atoms with Crippen molar-refractivity contribution in [3.63, 3.8) is 0 Å². The molecule has 0 amide bonds. The Morgan fingerprint density at radius 2 is 1.83 bits per heavy atom. The Hall–Kier alpha value is -0.0800. The maximum Gasteiger partial charge on any atom is 0.0720 e. The summed E-state index contributed by atoms with van der Waals surface area (Å²) < 4.78 is 0. The van der Waals surface area contributed by atoms with Crippen molar-refractivity contribution in [2.24, 2.45) is 0 Å². The Kier molecular flexibility index (Phi) is 4.80. The first-order chi connectivity index (χ1) is 5.49. The minimum absolute atomic E-state index is 0.0595. The number of hydrogen-bond acceptors (Lipinski definition) is 2. The van der Waals surface area contributed by atoms with E-state index in [0.717, 1.165) is 19.3 Å². The molecule has 74 valence electrons. The molecule has 0 radical (unpaired) electrons. The molecular weight excluding hydrogens is 150 g/mol. The van der Waals surface area contributed by atoms with Crippen LogP contribution in [0.15, 0.2) is 0 Å². The Balaban J connectivity index is 4.29. The third-order valence-corrected chi connectivity index (χ3v) is 3.02. The van der Waals surface area contributed by atoms with Gasteiger partial charge in [0.2, 0.25) is 0 Å². The second kappa shape index (κ2) is 4.83. The van der Waals surface area contributed by atoms with E-state index < -0.39 is 0 Å². The van der Waals surface area contributed by atoms with Crippen LogP contribution in [0.3, 0.4) is 0 Å². The molecule has 0 fully saturated rings. The highest BCUT2D eigenvalue weighted by atomic mass is 16.3. The smallest absolute Gasteiger partial charge is 0.0720 e. The van der Waals surface area contributed by atoms with Gasteiger partial charge in [-0.05, 0) is 33.9 Å². The molecule has 0 aromatic heterocycles. The quantitative estimate of drug-likeness (QED) is 0.686. The number of nitrogens with zero attached hydrogens (tertiary/aromatic N) is 1. The summed E-state index contributed by atoms with van der Waals surface area (Å²) in [7, 11) is 4.06. The highest BCUT2D eigenvalue weighted by Crippen LogP contribution is 2.23. The van der Waals surface area contributed by atoms with Gasteiger partial charge in [0.1, 0.15) is 0 Å². The fraction of sp³-hybridized carbons (Fsp3) is 1.00. The number of rotatable bonds is 5. The molecule has 0 saturated heterocycles. The third-order valence-electron chi connectivity index (χ3n) is 3.02. The van der Waals surface area contributed by atoms with Gasteiger partial charge in [-0.25, -0.2) is 0 Å². The zero-order valence-electron chi connectivity index (χ0n) is 9.09. The maximum absolute atomic E-state index is 9.90. The molecule has 0 saturated carbocycles. The second-order valence-electron chi connectivity index (χ2n) is 3.91. The van der Waals surface area contributed by atoms with Crippen LogP contribution in [0.2, 0.25) is 0 Å². The minimum Gasteiger partial charge on any atom is -0.391 e. The molecule has 0 aromatic carbocycles. The predicted molar refractivity (Wildman–Crippen MR) is 53.3 cm³/mol. The Labute approximate surface area is 76.6 Å². The van der Waals surface area contributed by atoms with Gasteiger partial charge in [-0.15, -0.1) is 0 Å². The molecule has 2 atom stereocenters. The van der Waals surface area contributed by atoms with Gasteiger partial charge in [0.15, 0.2) is 0 Å². The van der Waals surface area contributed by atoms with Crippen LogP contribution in [-0.2, 0) is 0 Å². The second-order valence-corrected chi connectivity index (χ2v) is 3.91. The lowest BCUT2D eigenvalue weighted by Gasteiger charge is -2.39. The van der Waals surface area contributed by atoms with Gasteiger partial charge >= 0.3 is 0 Å². The Morgan fingerprint density at radius 1 is 1.33 bits per heavy atom. The van der Waals surface area contributed by atoms with E-state index in [1.54, 1.807) is 0 Å². The van der Waals surface area contributed by atoms with Crippen LogP contribution >= 0.6 is 0 Å². The molecule has 0 heterocycles. The Morgan fingerprint density at radius 3 is 2.08 bits per heavy atom. The van der Waals surface area contributed by atoms with Crippen molar-refractivity contribution in [2.45, 2.75) is 51.7 Å². The molecule has 1 N–H and O–H groups in total. The van der Waals surface area contributed by atoms with Gasteiger partial charge in [-0.2, -0.15) is 0 Å². The molecule has 2 unspecified atom stereocenters. The highest BCUT2D eigenvalue weighted by molar-refractivity contribution is 4.88. The van der Waals surface area contributed by atoms with Crippen molar-refractivity contribution in [1.82, 2.24) is 4.90 Å². The summed E-state index contributed by atoms with van der Waals surface area (Å²) in [5.74, 6) is 0. The summed E-state index contributed by atoms with van der Waals surface area (Å²) in [6.07, 6.45) is 2.72. The van der Waals surface area contributed by atoms with Gasteiger partial charge < -0.3 is 10.0 Å². The highest BCUT2D eigenvalue weighted by Gasteiger charge is 2.32. The number of aliphatic hydroxyl groups excluding tert-OH is 1. The van der Waals surface area contributed by atoms with Crippen LogP contribution < -0.4 is 0 Å². The average molecular weight is 173 g/mol. The molecule has 0 spiro atoms. The first kappa shape index (κ1) is 11.9. The van der Waals surface area contributed by atoms with E-state index in [0.29, 0.717) is 0 Å². The lowest BCUT2D eigenvalue weighted by molar-refractivity contribution is -0.00273. The Bertz CT molecular complexity index is 125. The van der Waals surface area contributed by atoms with Crippen molar-refractivity contribution in [1.29, 1.82) is 0 Å².